The number of methoxy groups -OCH3 is 1. The van der Waals surface area contributed by atoms with Gasteiger partial charge in [0.15, 0.2) is 22.5 Å². The normalized spacial score (nSPS) is 11.1. The van der Waals surface area contributed by atoms with E-state index in [2.05, 4.69) is 27.1 Å². The van der Waals surface area contributed by atoms with E-state index >= 15 is 0 Å². The van der Waals surface area contributed by atoms with Gasteiger partial charge in [0, 0.05) is 11.4 Å². The van der Waals surface area contributed by atoms with E-state index in [1.165, 1.54) is 17.3 Å². The Morgan fingerprint density at radius 1 is 1.14 bits per heavy atom. The maximum absolute atomic E-state index is 6.21. The molecule has 6 nitrogen and oxygen atoms in total. The summed E-state index contributed by atoms with van der Waals surface area (Å²) in [6, 6.07) is 15.9. The predicted molar refractivity (Wildman–Crippen MR) is 111 cm³/mol. The van der Waals surface area contributed by atoms with Crippen LogP contribution in [0.3, 0.4) is 0 Å². The molecule has 0 saturated heterocycles. The van der Waals surface area contributed by atoms with E-state index in [-0.39, 0.29) is 0 Å². The highest BCUT2D eigenvalue weighted by atomic mass is 35.5. The van der Waals surface area contributed by atoms with E-state index in [1.54, 1.807) is 13.4 Å². The van der Waals surface area contributed by atoms with E-state index < -0.39 is 0 Å². The van der Waals surface area contributed by atoms with E-state index in [1.807, 2.05) is 41.0 Å². The van der Waals surface area contributed by atoms with Gasteiger partial charge >= 0.3 is 0 Å². The van der Waals surface area contributed by atoms with Crippen molar-refractivity contribution in [1.29, 1.82) is 0 Å². The Hall–Kier alpha value is -2.77. The maximum Gasteiger partial charge on any atom is 0.195 e. The van der Waals surface area contributed by atoms with Gasteiger partial charge in [-0.15, -0.1) is 0 Å². The summed E-state index contributed by atoms with van der Waals surface area (Å²) in [6.45, 7) is 0.741. The lowest BCUT2D eigenvalue weighted by molar-refractivity contribution is 0.414. The molecule has 0 aliphatic carbocycles. The summed E-state index contributed by atoms with van der Waals surface area (Å²) in [5.74, 6) is 1.73. The monoisotopic (exact) mass is 411 g/mol. The van der Waals surface area contributed by atoms with Crippen LogP contribution in [0, 0.1) is 0 Å². The summed E-state index contributed by atoms with van der Waals surface area (Å²) in [6.07, 6.45) is 2.59. The molecule has 2 aromatic rings. The lowest BCUT2D eigenvalue weighted by Gasteiger charge is -2.11. The van der Waals surface area contributed by atoms with Gasteiger partial charge in [-0.25, -0.2) is 15.0 Å². The molecule has 0 atom stereocenters. The SMILES string of the molecule is COc1ccc(Sc2nc3c(N)ncn(CCc4ccccc4)c-3n2)cc1Cl. The van der Waals surface area contributed by atoms with Crippen molar-refractivity contribution >= 4 is 29.2 Å². The molecule has 2 aliphatic rings. The molecular formula is C20H18ClN5OS. The van der Waals surface area contributed by atoms with E-state index in [4.69, 9.17) is 22.1 Å². The standard InChI is InChI=1S/C20H18ClN5OS/c1-27-16-8-7-14(11-15(16)21)28-20-24-17-18(22)23-12-26(19(17)25-20)10-9-13-5-3-2-4-6-13/h2-8,11-12H,9-10,22H2,1H3. The first-order valence-corrected chi connectivity index (χ1v) is 9.87. The van der Waals surface area contributed by atoms with Crippen LogP contribution < -0.4 is 10.5 Å². The van der Waals surface area contributed by atoms with Gasteiger partial charge in [0.05, 0.1) is 18.5 Å². The molecule has 0 spiro atoms. The maximum atomic E-state index is 6.21. The van der Waals surface area contributed by atoms with Gasteiger partial charge < -0.3 is 15.0 Å². The molecular weight excluding hydrogens is 394 g/mol. The molecule has 2 aromatic carbocycles. The van der Waals surface area contributed by atoms with E-state index in [0.29, 0.717) is 27.4 Å². The fourth-order valence-electron chi connectivity index (χ4n) is 2.85. The minimum Gasteiger partial charge on any atom is -0.495 e. The van der Waals surface area contributed by atoms with E-state index in [0.717, 1.165) is 23.7 Å². The van der Waals surface area contributed by atoms with Crippen molar-refractivity contribution < 1.29 is 4.74 Å². The van der Waals surface area contributed by atoms with Gasteiger partial charge in [-0.1, -0.05) is 41.9 Å². The third-order valence-corrected chi connectivity index (χ3v) is 5.44. The topological polar surface area (TPSA) is 78.9 Å². The number of fused-ring (bicyclic) bond motifs is 1. The van der Waals surface area contributed by atoms with Gasteiger partial charge in [0.25, 0.3) is 0 Å². The van der Waals surface area contributed by atoms with Crippen LogP contribution in [0.15, 0.2) is 64.9 Å². The fourth-order valence-corrected chi connectivity index (χ4v) is 3.97. The minimum atomic E-state index is 0.373. The Morgan fingerprint density at radius 3 is 2.71 bits per heavy atom. The third kappa shape index (κ3) is 3.90. The van der Waals surface area contributed by atoms with Gasteiger partial charge in [0.1, 0.15) is 5.75 Å². The van der Waals surface area contributed by atoms with Crippen LogP contribution >= 0.6 is 23.4 Å². The average molecular weight is 412 g/mol. The zero-order chi connectivity index (χ0) is 19.5. The molecule has 2 aliphatic heterocycles. The first-order valence-electron chi connectivity index (χ1n) is 8.67. The molecule has 2 N–H and O–H groups in total. The fraction of sp³-hybridized carbons (Fsp3) is 0.150. The molecule has 8 heteroatoms. The number of nitrogens with two attached hydrogens (primary N) is 1. The molecule has 0 fully saturated rings. The quantitative estimate of drug-likeness (QED) is 0.506. The summed E-state index contributed by atoms with van der Waals surface area (Å²) in [5, 5.41) is 1.15. The van der Waals surface area contributed by atoms with Crippen LogP contribution in [0.2, 0.25) is 5.02 Å². The van der Waals surface area contributed by atoms with Gasteiger partial charge in [-0.2, -0.15) is 0 Å². The van der Waals surface area contributed by atoms with Crippen molar-refractivity contribution in [2.24, 2.45) is 0 Å². The van der Waals surface area contributed by atoms with Crippen LogP contribution in [-0.2, 0) is 13.0 Å². The minimum absolute atomic E-state index is 0.373. The molecule has 4 rings (SSSR count). The molecule has 0 saturated carbocycles. The largest absolute Gasteiger partial charge is 0.495 e. The van der Waals surface area contributed by atoms with Crippen molar-refractivity contribution in [3.8, 4) is 17.3 Å². The number of hydrogen-bond donors (Lipinski definition) is 1. The summed E-state index contributed by atoms with van der Waals surface area (Å²) in [7, 11) is 1.59. The van der Waals surface area contributed by atoms with Crippen molar-refractivity contribution in [3.63, 3.8) is 0 Å². The van der Waals surface area contributed by atoms with Crippen LogP contribution in [0.5, 0.6) is 5.75 Å². The number of nitrogen functional groups attached to an aromatic ring is 1. The molecule has 0 bridgehead atoms. The second kappa shape index (κ2) is 8.08. The van der Waals surface area contributed by atoms with Gasteiger partial charge in [-0.05, 0) is 41.9 Å². The van der Waals surface area contributed by atoms with Gasteiger partial charge in [0.2, 0.25) is 0 Å². The Balaban J connectivity index is 1.59. The predicted octanol–water partition coefficient (Wildman–Crippen LogP) is 4.42. The van der Waals surface area contributed by atoms with Crippen LogP contribution in [0.4, 0.5) is 5.82 Å². The molecule has 0 amide bonds. The summed E-state index contributed by atoms with van der Waals surface area (Å²) >= 11 is 7.63. The number of imidazole rings is 1. The van der Waals surface area contributed by atoms with E-state index in [9.17, 15) is 0 Å². The Bertz CT molecular complexity index is 1070. The Kier molecular flexibility index (Phi) is 5.36. The number of aromatic nitrogens is 4. The Labute approximate surface area is 172 Å². The highest BCUT2D eigenvalue weighted by molar-refractivity contribution is 7.99. The number of benzene rings is 2. The summed E-state index contributed by atoms with van der Waals surface area (Å²) in [5.41, 5.74) is 7.89. The lowest BCUT2D eigenvalue weighted by atomic mass is 10.1. The molecule has 0 radical (unpaired) electrons. The van der Waals surface area contributed by atoms with Crippen molar-refractivity contribution in [2.45, 2.75) is 23.0 Å². The molecule has 28 heavy (non-hydrogen) atoms. The summed E-state index contributed by atoms with van der Waals surface area (Å²) < 4.78 is 7.18. The number of hydrogen-bond acceptors (Lipinski definition) is 6. The number of anilines is 1. The first-order chi connectivity index (χ1) is 13.6. The molecule has 2 heterocycles. The molecule has 142 valence electrons. The molecule has 0 unspecified atom stereocenters. The number of rotatable bonds is 6. The first kappa shape index (κ1) is 18.6. The number of nitrogens with zero attached hydrogens (tertiary/aromatic N) is 4. The number of halogens is 1. The smallest absolute Gasteiger partial charge is 0.195 e. The lowest BCUT2D eigenvalue weighted by Crippen LogP contribution is -2.09. The summed E-state index contributed by atoms with van der Waals surface area (Å²) in [4.78, 5) is 14.4. The van der Waals surface area contributed by atoms with Crippen molar-refractivity contribution in [2.75, 3.05) is 12.8 Å². The number of ether oxygens (including phenoxy) is 1. The average Bonchev–Trinajstić information content (AvgIpc) is 3.13. The second-order valence-corrected chi connectivity index (χ2v) is 7.58. The van der Waals surface area contributed by atoms with Crippen molar-refractivity contribution in [3.05, 3.63) is 65.4 Å². The molecule has 0 aromatic heterocycles. The van der Waals surface area contributed by atoms with Crippen molar-refractivity contribution in [1.82, 2.24) is 19.5 Å². The second-order valence-electron chi connectivity index (χ2n) is 6.14. The Morgan fingerprint density at radius 2 is 1.96 bits per heavy atom. The van der Waals surface area contributed by atoms with Crippen LogP contribution in [0.1, 0.15) is 5.56 Å². The zero-order valence-electron chi connectivity index (χ0n) is 15.2. The third-order valence-electron chi connectivity index (χ3n) is 4.29. The highest BCUT2D eigenvalue weighted by Gasteiger charge is 2.19. The van der Waals surface area contributed by atoms with Gasteiger partial charge in [-0.3, -0.25) is 0 Å². The van der Waals surface area contributed by atoms with Crippen LogP contribution in [-0.4, -0.2) is 26.6 Å². The highest BCUT2D eigenvalue weighted by Crippen LogP contribution is 2.35. The zero-order valence-corrected chi connectivity index (χ0v) is 16.7. The van der Waals surface area contributed by atoms with Crippen LogP contribution in [0.25, 0.3) is 11.5 Å². The number of aryl methyl sites for hydroxylation is 2.